The van der Waals surface area contributed by atoms with Crippen molar-refractivity contribution in [2.45, 2.75) is 26.6 Å². The Labute approximate surface area is 93.5 Å². The Morgan fingerprint density at radius 1 is 1.24 bits per heavy atom. The van der Waals surface area contributed by atoms with E-state index in [2.05, 4.69) is 6.92 Å². The molecule has 0 radical (unpaired) electrons. The SMILES string of the molecule is CCn1cc[n+](C(C)O)c1.F[P-](F)(F)(F)(F)F. The maximum atomic E-state index is 9.87. The Morgan fingerprint density at radius 3 is 1.82 bits per heavy atom. The molecule has 3 nitrogen and oxygen atoms in total. The first-order valence-electron chi connectivity index (χ1n) is 4.50. The van der Waals surface area contributed by atoms with Crippen molar-refractivity contribution in [3.05, 3.63) is 18.7 Å². The second kappa shape index (κ2) is 4.13. The number of aliphatic hydroxyl groups excluding tert-OH is 1. The zero-order valence-corrected chi connectivity index (χ0v) is 9.97. The molecule has 0 amide bonds. The molecule has 0 aliphatic carbocycles. The van der Waals surface area contributed by atoms with Gasteiger partial charge in [-0.25, -0.2) is 9.13 Å². The van der Waals surface area contributed by atoms with E-state index < -0.39 is 14.0 Å². The van der Waals surface area contributed by atoms with E-state index in [9.17, 15) is 25.2 Å². The molecule has 1 aromatic rings. The minimum absolute atomic E-state index is 0.423. The number of hydrogen-bond donors (Lipinski definition) is 1. The van der Waals surface area contributed by atoms with Crippen molar-refractivity contribution < 1.29 is 34.9 Å². The van der Waals surface area contributed by atoms with Crippen LogP contribution in [0.15, 0.2) is 18.7 Å². The van der Waals surface area contributed by atoms with Crippen LogP contribution in [0.3, 0.4) is 0 Å². The summed E-state index contributed by atoms with van der Waals surface area (Å²) in [6.07, 6.45) is 5.25. The van der Waals surface area contributed by atoms with Crippen LogP contribution in [0.1, 0.15) is 20.1 Å². The molecule has 0 aliphatic heterocycles. The van der Waals surface area contributed by atoms with E-state index in [1.165, 1.54) is 0 Å². The van der Waals surface area contributed by atoms with Crippen molar-refractivity contribution in [3.63, 3.8) is 0 Å². The van der Waals surface area contributed by atoms with Gasteiger partial charge in [-0.2, -0.15) is 0 Å². The summed E-state index contributed by atoms with van der Waals surface area (Å²) in [5, 5.41) is 9.08. The second-order valence-electron chi connectivity index (χ2n) is 3.28. The van der Waals surface area contributed by atoms with Crippen LogP contribution >= 0.6 is 7.81 Å². The third kappa shape index (κ3) is 13.1. The summed E-state index contributed by atoms with van der Waals surface area (Å²) in [7, 11) is -10.7. The fourth-order valence-corrected chi connectivity index (χ4v) is 0.819. The molecule has 104 valence electrons. The molecule has 1 N–H and O–H groups in total. The number of aliphatic hydroxyl groups is 1. The zero-order valence-electron chi connectivity index (χ0n) is 9.07. The summed E-state index contributed by atoms with van der Waals surface area (Å²) in [5.41, 5.74) is 0. The number of hydrogen-bond acceptors (Lipinski definition) is 1. The number of halogens is 6. The normalized spacial score (nSPS) is 17.5. The molecule has 0 aliphatic rings. The van der Waals surface area contributed by atoms with E-state index in [0.29, 0.717) is 0 Å². The van der Waals surface area contributed by atoms with Crippen LogP contribution in [0.5, 0.6) is 0 Å². The number of aromatic nitrogens is 2. The number of imidazole rings is 1. The molecule has 0 spiro atoms. The molecule has 1 rings (SSSR count). The van der Waals surface area contributed by atoms with Gasteiger partial charge in [-0.3, -0.25) is 0 Å². The predicted octanol–water partition coefficient (Wildman–Crippen LogP) is 3.69. The Hall–Kier alpha value is -0.820. The summed E-state index contributed by atoms with van der Waals surface area (Å²) in [4.78, 5) is 0. The van der Waals surface area contributed by atoms with Crippen LogP contribution in [0.2, 0.25) is 0 Å². The van der Waals surface area contributed by atoms with Gasteiger partial charge >= 0.3 is 33.0 Å². The van der Waals surface area contributed by atoms with E-state index >= 15 is 0 Å². The Morgan fingerprint density at radius 2 is 1.65 bits per heavy atom. The predicted molar refractivity (Wildman–Crippen MR) is 50.8 cm³/mol. The standard InChI is InChI=1S/C7H13N2O.F6P/c1-3-8-4-5-9(6-8)7(2)10;1-7(2,3,4,5)6/h4-7,10H,3H2,1-2H3;/q+1;-1. The fraction of sp³-hybridized carbons (Fsp3) is 0.571. The van der Waals surface area contributed by atoms with Gasteiger partial charge in [-0.05, 0) is 6.92 Å². The van der Waals surface area contributed by atoms with E-state index in [4.69, 9.17) is 5.11 Å². The van der Waals surface area contributed by atoms with Gasteiger partial charge in [-0.1, -0.05) is 0 Å². The molecule has 0 fully saturated rings. The van der Waals surface area contributed by atoms with Crippen molar-refractivity contribution in [1.82, 2.24) is 4.57 Å². The molecule has 0 aromatic carbocycles. The summed E-state index contributed by atoms with van der Waals surface area (Å²) >= 11 is 0. The quantitative estimate of drug-likeness (QED) is 0.501. The Kier molecular flexibility index (Phi) is 3.93. The third-order valence-electron chi connectivity index (χ3n) is 1.51. The molecule has 0 saturated carbocycles. The first-order chi connectivity index (χ1) is 7.19. The average molecular weight is 286 g/mol. The van der Waals surface area contributed by atoms with Gasteiger partial charge in [0.05, 0.1) is 6.54 Å². The maximum absolute atomic E-state index is 10.7. The number of aryl methyl sites for hydroxylation is 1. The number of nitrogens with zero attached hydrogens (tertiary/aromatic N) is 2. The van der Waals surface area contributed by atoms with Gasteiger partial charge in [0.2, 0.25) is 6.33 Å². The monoisotopic (exact) mass is 286 g/mol. The molecular formula is C7H13F6N2OP. The van der Waals surface area contributed by atoms with Crippen LogP contribution < -0.4 is 4.57 Å². The molecule has 1 heterocycles. The minimum atomic E-state index is -10.7. The van der Waals surface area contributed by atoms with E-state index in [1.807, 2.05) is 23.3 Å². The summed E-state index contributed by atoms with van der Waals surface area (Å²) in [6, 6.07) is 0. The molecular weight excluding hydrogens is 273 g/mol. The molecule has 1 aromatic heterocycles. The molecule has 0 bridgehead atoms. The van der Waals surface area contributed by atoms with Crippen LogP contribution in [0.25, 0.3) is 0 Å². The van der Waals surface area contributed by atoms with Crippen molar-refractivity contribution >= 4 is 7.81 Å². The molecule has 0 saturated heterocycles. The van der Waals surface area contributed by atoms with Gasteiger partial charge in [0.25, 0.3) is 0 Å². The summed E-state index contributed by atoms with van der Waals surface area (Å²) in [5.74, 6) is 0. The van der Waals surface area contributed by atoms with Crippen LogP contribution in [-0.4, -0.2) is 9.67 Å². The van der Waals surface area contributed by atoms with E-state index in [0.717, 1.165) is 6.54 Å². The Bertz CT molecular complexity index is 358. The summed E-state index contributed by atoms with van der Waals surface area (Å²) in [6.45, 7) is 4.74. The topological polar surface area (TPSA) is 29.0 Å². The zero-order chi connectivity index (χ0) is 14.0. The van der Waals surface area contributed by atoms with E-state index in [1.54, 1.807) is 11.5 Å². The summed E-state index contributed by atoms with van der Waals surface area (Å²) < 4.78 is 63.0. The van der Waals surface area contributed by atoms with Gasteiger partial charge in [0.1, 0.15) is 12.4 Å². The van der Waals surface area contributed by atoms with Gasteiger partial charge < -0.3 is 5.11 Å². The molecule has 10 heteroatoms. The molecule has 17 heavy (non-hydrogen) atoms. The van der Waals surface area contributed by atoms with E-state index in [-0.39, 0.29) is 0 Å². The first kappa shape index (κ1) is 16.2. The van der Waals surface area contributed by atoms with Crippen LogP contribution in [0, 0.1) is 0 Å². The number of rotatable bonds is 2. The van der Waals surface area contributed by atoms with Gasteiger partial charge in [0.15, 0.2) is 6.23 Å². The first-order valence-corrected chi connectivity index (χ1v) is 6.53. The van der Waals surface area contributed by atoms with Gasteiger partial charge in [-0.15, -0.1) is 0 Å². The fourth-order valence-electron chi connectivity index (χ4n) is 0.819. The van der Waals surface area contributed by atoms with Crippen LogP contribution in [0.4, 0.5) is 25.2 Å². The van der Waals surface area contributed by atoms with Gasteiger partial charge in [0, 0.05) is 6.92 Å². The van der Waals surface area contributed by atoms with Crippen molar-refractivity contribution in [3.8, 4) is 0 Å². The van der Waals surface area contributed by atoms with Crippen molar-refractivity contribution in [1.29, 1.82) is 0 Å². The molecule has 1 unspecified atom stereocenters. The third-order valence-corrected chi connectivity index (χ3v) is 1.51. The Balaban J connectivity index is 0.000000325. The van der Waals surface area contributed by atoms with Crippen LogP contribution in [-0.2, 0) is 6.54 Å². The molecule has 1 atom stereocenters. The van der Waals surface area contributed by atoms with Crippen molar-refractivity contribution in [2.24, 2.45) is 0 Å². The average Bonchev–Trinajstić information content (AvgIpc) is 2.45. The second-order valence-corrected chi connectivity index (χ2v) is 5.20. The van der Waals surface area contributed by atoms with Crippen molar-refractivity contribution in [2.75, 3.05) is 0 Å².